The van der Waals surface area contributed by atoms with Gasteiger partial charge in [-0.1, -0.05) is 24.3 Å². The molecule has 1 aliphatic heterocycles. The Morgan fingerprint density at radius 2 is 1.71 bits per heavy atom. The Morgan fingerprint density at radius 1 is 1.00 bits per heavy atom. The first-order valence-corrected chi connectivity index (χ1v) is 10.7. The number of H-pyrrole nitrogens is 1. The average molecular weight is 415 g/mol. The van der Waals surface area contributed by atoms with Crippen LogP contribution in [-0.4, -0.2) is 39.5 Å². The van der Waals surface area contributed by atoms with Gasteiger partial charge in [-0.3, -0.25) is 14.7 Å². The number of aromatic nitrogens is 2. The number of nitrogen functional groups attached to an aromatic ring is 1. The van der Waals surface area contributed by atoms with Gasteiger partial charge in [-0.05, 0) is 61.6 Å². The molecule has 3 aromatic rings. The van der Waals surface area contributed by atoms with Crippen molar-refractivity contribution in [2.75, 3.05) is 17.6 Å². The van der Waals surface area contributed by atoms with Crippen LogP contribution in [0.2, 0.25) is 0 Å². The smallest absolute Gasteiger partial charge is 0.247 e. The Hall–Kier alpha value is -3.61. The van der Waals surface area contributed by atoms with E-state index in [-0.39, 0.29) is 23.8 Å². The number of likely N-dealkylation sites (tertiary alicyclic amines) is 1. The summed E-state index contributed by atoms with van der Waals surface area (Å²) in [5.74, 6) is 0.174. The summed E-state index contributed by atoms with van der Waals surface area (Å²) in [6, 6.07) is 16.8. The molecule has 0 unspecified atom stereocenters. The van der Waals surface area contributed by atoms with Crippen LogP contribution in [0.15, 0.2) is 54.6 Å². The summed E-state index contributed by atoms with van der Waals surface area (Å²) in [5, 5.41) is 10.4. The number of nitrogens with two attached hydrogens (primary N) is 1. The lowest BCUT2D eigenvalue weighted by molar-refractivity contribution is -0.137. The van der Waals surface area contributed by atoms with Crippen LogP contribution in [0.4, 0.5) is 11.4 Å². The topological polar surface area (TPSA) is 104 Å². The minimum absolute atomic E-state index is 0.107. The summed E-state index contributed by atoms with van der Waals surface area (Å²) in [6.07, 6.45) is 3.52. The number of benzene rings is 2. The molecule has 2 aromatic carbocycles. The molecule has 4 N–H and O–H groups in total. The fourth-order valence-corrected chi connectivity index (χ4v) is 4.10. The van der Waals surface area contributed by atoms with Crippen molar-refractivity contribution in [1.82, 2.24) is 15.1 Å². The molecule has 7 heteroatoms. The highest BCUT2D eigenvalue weighted by molar-refractivity contribution is 5.98. The number of nitrogens with zero attached hydrogens (tertiary/aromatic N) is 2. The van der Waals surface area contributed by atoms with Crippen LogP contribution in [0.5, 0.6) is 0 Å². The van der Waals surface area contributed by atoms with Crippen LogP contribution in [0.25, 0.3) is 22.5 Å². The lowest BCUT2D eigenvalue weighted by atomic mass is 10.1. The molecule has 2 heterocycles. The van der Waals surface area contributed by atoms with Gasteiger partial charge in [0.15, 0.2) is 0 Å². The molecule has 1 aromatic heterocycles. The van der Waals surface area contributed by atoms with Gasteiger partial charge in [-0.15, -0.1) is 0 Å². The number of hydrogen-bond donors (Lipinski definition) is 3. The molecule has 0 spiro atoms. The number of rotatable bonds is 5. The Balaban J connectivity index is 1.25. The van der Waals surface area contributed by atoms with E-state index in [4.69, 9.17) is 5.73 Å². The summed E-state index contributed by atoms with van der Waals surface area (Å²) in [4.78, 5) is 27.0. The van der Waals surface area contributed by atoms with Crippen LogP contribution in [0, 0.1) is 5.92 Å². The van der Waals surface area contributed by atoms with Crippen molar-refractivity contribution in [1.29, 1.82) is 0 Å². The maximum Gasteiger partial charge on any atom is 0.247 e. The molecule has 2 amide bonds. The van der Waals surface area contributed by atoms with Gasteiger partial charge in [0, 0.05) is 29.4 Å². The number of amides is 2. The normalized spacial score (nSPS) is 18.2. The van der Waals surface area contributed by atoms with E-state index in [1.165, 1.54) is 0 Å². The van der Waals surface area contributed by atoms with Crippen LogP contribution in [0.1, 0.15) is 25.7 Å². The molecule has 1 aliphatic carbocycles. The van der Waals surface area contributed by atoms with E-state index in [2.05, 4.69) is 15.5 Å². The first-order valence-electron chi connectivity index (χ1n) is 10.7. The third kappa shape index (κ3) is 4.03. The van der Waals surface area contributed by atoms with Crippen molar-refractivity contribution in [2.24, 2.45) is 5.92 Å². The Kier molecular flexibility index (Phi) is 4.94. The van der Waals surface area contributed by atoms with E-state index in [0.717, 1.165) is 53.9 Å². The number of nitrogens with one attached hydrogen (secondary N) is 2. The van der Waals surface area contributed by atoms with E-state index >= 15 is 0 Å². The van der Waals surface area contributed by atoms with Crippen LogP contribution in [-0.2, 0) is 9.59 Å². The summed E-state index contributed by atoms with van der Waals surface area (Å²) in [7, 11) is 0. The lowest BCUT2D eigenvalue weighted by Crippen LogP contribution is -2.43. The molecule has 1 atom stereocenters. The zero-order valence-corrected chi connectivity index (χ0v) is 17.2. The predicted octanol–water partition coefficient (Wildman–Crippen LogP) is 3.67. The highest BCUT2D eigenvalue weighted by atomic mass is 16.2. The van der Waals surface area contributed by atoms with Crippen molar-refractivity contribution in [3.63, 3.8) is 0 Å². The Labute approximate surface area is 180 Å². The summed E-state index contributed by atoms with van der Waals surface area (Å²) < 4.78 is 0. The number of anilines is 2. The minimum atomic E-state index is -0.360. The number of aromatic amines is 1. The third-order valence-electron chi connectivity index (χ3n) is 6.01. The second-order valence-corrected chi connectivity index (χ2v) is 8.32. The van der Waals surface area contributed by atoms with Crippen LogP contribution < -0.4 is 11.1 Å². The standard InChI is InChI=1S/C24H25N5O2/c25-18-9-5-15(6-10-18)20-14-21(28-27-20)16-7-11-19(12-8-16)26-23(30)22-2-1-13-29(22)24(31)17-3-4-17/h5-12,14,17,22H,1-4,13,25H2,(H,26,30)(H,27,28)/t22-/m0/s1. The summed E-state index contributed by atoms with van der Waals surface area (Å²) in [6.45, 7) is 0.682. The van der Waals surface area contributed by atoms with Crippen molar-refractivity contribution in [3.05, 3.63) is 54.6 Å². The molecule has 1 saturated carbocycles. The van der Waals surface area contributed by atoms with Gasteiger partial charge in [0.1, 0.15) is 6.04 Å². The maximum atomic E-state index is 12.8. The van der Waals surface area contributed by atoms with Crippen molar-refractivity contribution < 1.29 is 9.59 Å². The highest BCUT2D eigenvalue weighted by Crippen LogP contribution is 2.34. The van der Waals surface area contributed by atoms with E-state index < -0.39 is 0 Å². The highest BCUT2D eigenvalue weighted by Gasteiger charge is 2.40. The zero-order valence-electron chi connectivity index (χ0n) is 17.2. The van der Waals surface area contributed by atoms with E-state index in [9.17, 15) is 9.59 Å². The third-order valence-corrected chi connectivity index (χ3v) is 6.01. The van der Waals surface area contributed by atoms with Crippen molar-refractivity contribution in [3.8, 4) is 22.5 Å². The van der Waals surface area contributed by atoms with Gasteiger partial charge in [0.05, 0.1) is 11.4 Å². The first kappa shape index (κ1) is 19.4. The molecule has 7 nitrogen and oxygen atoms in total. The SMILES string of the molecule is Nc1ccc(-c2cc(-c3ccc(NC(=O)[C@@H]4CCCN4C(=O)C4CC4)cc3)n[nH]2)cc1. The monoisotopic (exact) mass is 415 g/mol. The van der Waals surface area contributed by atoms with Gasteiger partial charge in [0.25, 0.3) is 0 Å². The largest absolute Gasteiger partial charge is 0.399 e. The molecule has 2 fully saturated rings. The predicted molar refractivity (Wildman–Crippen MR) is 120 cm³/mol. The van der Waals surface area contributed by atoms with Crippen molar-refractivity contribution >= 4 is 23.2 Å². The molecule has 0 bridgehead atoms. The van der Waals surface area contributed by atoms with Gasteiger partial charge in [0.2, 0.25) is 11.8 Å². The summed E-state index contributed by atoms with van der Waals surface area (Å²) >= 11 is 0. The molecular formula is C24H25N5O2. The maximum absolute atomic E-state index is 12.8. The van der Waals surface area contributed by atoms with Crippen LogP contribution >= 0.6 is 0 Å². The molecule has 5 rings (SSSR count). The van der Waals surface area contributed by atoms with Gasteiger partial charge in [-0.25, -0.2) is 0 Å². The molecule has 0 radical (unpaired) electrons. The molecular weight excluding hydrogens is 390 g/mol. The zero-order chi connectivity index (χ0) is 21.4. The lowest BCUT2D eigenvalue weighted by Gasteiger charge is -2.24. The van der Waals surface area contributed by atoms with Crippen LogP contribution in [0.3, 0.4) is 0 Å². The fraction of sp³-hybridized carbons (Fsp3) is 0.292. The second-order valence-electron chi connectivity index (χ2n) is 8.32. The van der Waals surface area contributed by atoms with E-state index in [1.807, 2.05) is 54.6 Å². The quantitative estimate of drug-likeness (QED) is 0.553. The number of carbonyl (C=O) groups excluding carboxylic acids is 2. The van der Waals surface area contributed by atoms with Gasteiger partial charge >= 0.3 is 0 Å². The molecule has 31 heavy (non-hydrogen) atoms. The van der Waals surface area contributed by atoms with E-state index in [0.29, 0.717) is 12.2 Å². The Morgan fingerprint density at radius 3 is 2.42 bits per heavy atom. The second kappa shape index (κ2) is 7.91. The number of carbonyl (C=O) groups is 2. The summed E-state index contributed by atoms with van der Waals surface area (Å²) in [5.41, 5.74) is 10.9. The van der Waals surface area contributed by atoms with Gasteiger partial charge < -0.3 is 16.0 Å². The molecule has 158 valence electrons. The molecule has 1 saturated heterocycles. The minimum Gasteiger partial charge on any atom is -0.399 e. The molecule has 2 aliphatic rings. The Bertz CT molecular complexity index is 1100. The van der Waals surface area contributed by atoms with E-state index in [1.54, 1.807) is 4.90 Å². The van der Waals surface area contributed by atoms with Gasteiger partial charge in [-0.2, -0.15) is 5.10 Å². The first-order chi connectivity index (χ1) is 15.1. The fourth-order valence-electron chi connectivity index (χ4n) is 4.10. The number of hydrogen-bond acceptors (Lipinski definition) is 4. The van der Waals surface area contributed by atoms with Crippen molar-refractivity contribution in [2.45, 2.75) is 31.7 Å². The average Bonchev–Trinajstić information content (AvgIpc) is 3.31.